The molecule has 12 heteroatoms. The largest absolute Gasteiger partial charge is 0.398 e. The fourth-order valence-corrected chi connectivity index (χ4v) is 5.16. The molecular formula is C20H16N4O6S2. The van der Waals surface area contributed by atoms with E-state index in [-0.39, 0.29) is 33.5 Å². The molecule has 0 aliphatic rings. The quantitative estimate of drug-likeness (QED) is 0.194. The highest BCUT2D eigenvalue weighted by molar-refractivity contribution is 7.86. The summed E-state index contributed by atoms with van der Waals surface area (Å²) in [5.41, 5.74) is 11.7. The van der Waals surface area contributed by atoms with Gasteiger partial charge < -0.3 is 11.5 Å². The van der Waals surface area contributed by atoms with Gasteiger partial charge in [-0.3, -0.25) is 9.11 Å². The number of hydrogen-bond donors (Lipinski definition) is 4. The van der Waals surface area contributed by atoms with Crippen LogP contribution in [0.2, 0.25) is 0 Å². The van der Waals surface area contributed by atoms with E-state index in [9.17, 15) is 25.9 Å². The Balaban J connectivity index is 2.03. The Morgan fingerprint density at radius 3 is 1.22 bits per heavy atom. The lowest BCUT2D eigenvalue weighted by atomic mass is 10.1. The van der Waals surface area contributed by atoms with Crippen molar-refractivity contribution in [3.05, 3.63) is 60.7 Å². The fourth-order valence-electron chi connectivity index (χ4n) is 3.52. The van der Waals surface area contributed by atoms with Crippen LogP contribution in [0.25, 0.3) is 21.5 Å². The first-order valence-electron chi connectivity index (χ1n) is 8.97. The first kappa shape index (κ1) is 21.6. The predicted octanol–water partition coefficient (Wildman–Crippen LogP) is 4.07. The van der Waals surface area contributed by atoms with E-state index in [2.05, 4.69) is 10.2 Å². The van der Waals surface area contributed by atoms with E-state index in [0.29, 0.717) is 10.8 Å². The molecule has 4 aromatic carbocycles. The van der Waals surface area contributed by atoms with Crippen LogP contribution in [0, 0.1) is 0 Å². The Kier molecular flexibility index (Phi) is 5.09. The molecule has 6 N–H and O–H groups in total. The Morgan fingerprint density at radius 1 is 0.594 bits per heavy atom. The molecule has 0 fully saturated rings. The molecule has 0 aliphatic heterocycles. The first-order valence-corrected chi connectivity index (χ1v) is 11.9. The highest BCUT2D eigenvalue weighted by Gasteiger charge is 2.23. The van der Waals surface area contributed by atoms with E-state index in [4.69, 9.17) is 11.5 Å². The molecule has 0 aromatic heterocycles. The van der Waals surface area contributed by atoms with Crippen LogP contribution in [0.3, 0.4) is 0 Å². The third kappa shape index (κ3) is 3.76. The summed E-state index contributed by atoms with van der Waals surface area (Å²) in [6, 6.07) is 14.8. The minimum Gasteiger partial charge on any atom is -0.398 e. The van der Waals surface area contributed by atoms with Crippen LogP contribution >= 0.6 is 0 Å². The molecule has 0 heterocycles. The number of benzene rings is 4. The predicted molar refractivity (Wildman–Crippen MR) is 121 cm³/mol. The zero-order valence-electron chi connectivity index (χ0n) is 16.2. The standard InChI is InChI=1S/C20H16N4O6S2/c21-15-9-17(19(31(25,26)27)13-7-3-1-5-11(13)15)23-24-18-10-16(22)12-6-2-4-8-14(12)20(18)32(28,29)30/h1-10H,21-22H2,(H,25,26,27)(H,28,29,30). The summed E-state index contributed by atoms with van der Waals surface area (Å²) in [4.78, 5) is -1.10. The monoisotopic (exact) mass is 472 g/mol. The van der Waals surface area contributed by atoms with Crippen LogP contribution in [0.4, 0.5) is 22.7 Å². The normalized spacial score (nSPS) is 12.7. The molecule has 0 saturated carbocycles. The molecular weight excluding hydrogens is 456 g/mol. The van der Waals surface area contributed by atoms with Crippen molar-refractivity contribution in [3.63, 3.8) is 0 Å². The second-order valence-electron chi connectivity index (χ2n) is 6.87. The maximum atomic E-state index is 12.1. The molecule has 0 atom stereocenters. The number of rotatable bonds is 4. The van der Waals surface area contributed by atoms with E-state index in [1.807, 2.05) is 0 Å². The molecule has 32 heavy (non-hydrogen) atoms. The lowest BCUT2D eigenvalue weighted by Crippen LogP contribution is -2.02. The second-order valence-corrected chi connectivity index (χ2v) is 9.59. The van der Waals surface area contributed by atoms with Gasteiger partial charge in [0.1, 0.15) is 21.2 Å². The van der Waals surface area contributed by atoms with Gasteiger partial charge in [-0.2, -0.15) is 16.8 Å². The molecule has 4 rings (SSSR count). The van der Waals surface area contributed by atoms with Crippen LogP contribution in [-0.2, 0) is 20.2 Å². The van der Waals surface area contributed by atoms with Gasteiger partial charge in [-0.1, -0.05) is 48.5 Å². The summed E-state index contributed by atoms with van der Waals surface area (Å²) in [5, 5.41) is 8.65. The van der Waals surface area contributed by atoms with Gasteiger partial charge in [-0.05, 0) is 12.1 Å². The van der Waals surface area contributed by atoms with Crippen molar-refractivity contribution in [2.24, 2.45) is 10.2 Å². The Labute approximate surface area is 182 Å². The third-order valence-corrected chi connectivity index (χ3v) is 6.69. The first-order chi connectivity index (χ1) is 15.0. The second kappa shape index (κ2) is 7.53. The average molecular weight is 473 g/mol. The van der Waals surface area contributed by atoms with Crippen LogP contribution in [0.1, 0.15) is 0 Å². The summed E-state index contributed by atoms with van der Waals surface area (Å²) in [5.74, 6) is 0. The molecule has 0 unspecified atom stereocenters. The number of anilines is 2. The van der Waals surface area contributed by atoms with Crippen LogP contribution in [0.15, 0.2) is 80.7 Å². The topological polar surface area (TPSA) is 185 Å². The molecule has 0 aliphatic carbocycles. The summed E-state index contributed by atoms with van der Waals surface area (Å²) in [6.07, 6.45) is 0. The van der Waals surface area contributed by atoms with Crippen molar-refractivity contribution >= 4 is 64.5 Å². The smallest absolute Gasteiger partial charge is 0.297 e. The third-order valence-electron chi connectivity index (χ3n) is 4.80. The van der Waals surface area contributed by atoms with Gasteiger partial charge in [0.05, 0.1) is 0 Å². The Morgan fingerprint density at radius 2 is 0.906 bits per heavy atom. The molecule has 0 saturated heterocycles. The van der Waals surface area contributed by atoms with E-state index in [1.54, 1.807) is 36.4 Å². The number of nitrogen functional groups attached to an aromatic ring is 2. The minimum absolute atomic E-state index is 0.108. The number of azo groups is 1. The van der Waals surface area contributed by atoms with Crippen LogP contribution in [0.5, 0.6) is 0 Å². The molecule has 10 nitrogen and oxygen atoms in total. The molecule has 0 bridgehead atoms. The van der Waals surface area contributed by atoms with Gasteiger partial charge in [0.15, 0.2) is 0 Å². The SMILES string of the molecule is Nc1cc(N=Nc2cc(N)c3ccccc3c2S(=O)(=O)O)c(S(=O)(=O)O)c2ccccc12. The Hall–Kier alpha value is -3.58. The van der Waals surface area contributed by atoms with Crippen molar-refractivity contribution < 1.29 is 25.9 Å². The van der Waals surface area contributed by atoms with E-state index >= 15 is 0 Å². The highest BCUT2D eigenvalue weighted by Crippen LogP contribution is 2.40. The van der Waals surface area contributed by atoms with E-state index in [1.165, 1.54) is 24.3 Å². The fraction of sp³-hybridized carbons (Fsp3) is 0. The lowest BCUT2D eigenvalue weighted by molar-refractivity contribution is 0.482. The van der Waals surface area contributed by atoms with Gasteiger partial charge in [-0.25, -0.2) is 0 Å². The Bertz CT molecular complexity index is 1530. The number of fused-ring (bicyclic) bond motifs is 2. The molecule has 4 aromatic rings. The summed E-state index contributed by atoms with van der Waals surface area (Å²) < 4.78 is 68.0. The number of hydrogen-bond acceptors (Lipinski definition) is 8. The minimum atomic E-state index is -4.76. The zero-order valence-corrected chi connectivity index (χ0v) is 17.8. The summed E-state index contributed by atoms with van der Waals surface area (Å²) in [7, 11) is -9.53. The van der Waals surface area contributed by atoms with Crippen molar-refractivity contribution in [1.29, 1.82) is 0 Å². The van der Waals surface area contributed by atoms with Crippen molar-refractivity contribution in [2.45, 2.75) is 9.79 Å². The molecule has 164 valence electrons. The summed E-state index contributed by atoms with van der Waals surface area (Å²) in [6.45, 7) is 0. The van der Waals surface area contributed by atoms with Gasteiger partial charge in [-0.15, -0.1) is 10.2 Å². The van der Waals surface area contributed by atoms with E-state index in [0.717, 1.165) is 0 Å². The lowest BCUT2D eigenvalue weighted by Gasteiger charge is -2.11. The van der Waals surface area contributed by atoms with E-state index < -0.39 is 30.0 Å². The number of nitrogens with two attached hydrogens (primary N) is 2. The van der Waals surface area contributed by atoms with Crippen LogP contribution in [-0.4, -0.2) is 25.9 Å². The van der Waals surface area contributed by atoms with Crippen molar-refractivity contribution in [2.75, 3.05) is 11.5 Å². The average Bonchev–Trinajstić information content (AvgIpc) is 2.70. The van der Waals surface area contributed by atoms with Crippen molar-refractivity contribution in [3.8, 4) is 0 Å². The van der Waals surface area contributed by atoms with Crippen LogP contribution < -0.4 is 11.5 Å². The maximum absolute atomic E-state index is 12.1. The van der Waals surface area contributed by atoms with Gasteiger partial charge >= 0.3 is 0 Å². The molecule has 0 radical (unpaired) electrons. The molecule has 0 amide bonds. The van der Waals surface area contributed by atoms with Gasteiger partial charge in [0, 0.05) is 32.9 Å². The molecule has 0 spiro atoms. The van der Waals surface area contributed by atoms with Gasteiger partial charge in [0.2, 0.25) is 0 Å². The maximum Gasteiger partial charge on any atom is 0.297 e. The van der Waals surface area contributed by atoms with Gasteiger partial charge in [0.25, 0.3) is 20.2 Å². The van der Waals surface area contributed by atoms with Crippen molar-refractivity contribution in [1.82, 2.24) is 0 Å². The zero-order chi connectivity index (χ0) is 23.3. The highest BCUT2D eigenvalue weighted by atomic mass is 32.2. The number of nitrogens with zero attached hydrogens (tertiary/aromatic N) is 2. The summed E-state index contributed by atoms with van der Waals surface area (Å²) >= 11 is 0.